The fourth-order valence-electron chi connectivity index (χ4n) is 3.12. The Hall–Kier alpha value is -3.24. The van der Waals surface area contributed by atoms with E-state index in [0.29, 0.717) is 12.1 Å². The largest absolute Gasteiger partial charge is 0.317 e. The summed E-state index contributed by atoms with van der Waals surface area (Å²) in [6.07, 6.45) is 0.447. The van der Waals surface area contributed by atoms with Crippen LogP contribution in [0.25, 0.3) is 0 Å². The summed E-state index contributed by atoms with van der Waals surface area (Å²) in [5, 5.41) is 12.6. The van der Waals surface area contributed by atoms with Gasteiger partial charge in [-0.2, -0.15) is 0 Å². The van der Waals surface area contributed by atoms with Crippen LogP contribution in [-0.2, 0) is 0 Å². The Labute approximate surface area is 154 Å². The first-order chi connectivity index (χ1) is 13.1. The van der Waals surface area contributed by atoms with Crippen molar-refractivity contribution in [3.63, 3.8) is 0 Å². The molecule has 1 unspecified atom stereocenters. The molecule has 1 heterocycles. The maximum Gasteiger partial charge on any atom is 0.275 e. The zero-order valence-corrected chi connectivity index (χ0v) is 14.1. The molecule has 1 fully saturated rings. The highest BCUT2D eigenvalue weighted by Gasteiger charge is 2.40. The molecule has 11 heteroatoms. The van der Waals surface area contributed by atoms with Crippen molar-refractivity contribution in [3.05, 3.63) is 68.1 Å². The van der Waals surface area contributed by atoms with Crippen molar-refractivity contribution in [2.75, 3.05) is 5.32 Å². The Bertz CT molecular complexity index is 999. The normalized spacial score (nSPS) is 18.1. The van der Waals surface area contributed by atoms with Crippen LogP contribution in [0.5, 0.6) is 0 Å². The van der Waals surface area contributed by atoms with Crippen LogP contribution in [-0.4, -0.2) is 21.3 Å². The highest BCUT2D eigenvalue weighted by atomic mass is 19.3. The number of carbonyl (C=O) groups is 1. The van der Waals surface area contributed by atoms with Gasteiger partial charge >= 0.3 is 0 Å². The number of nitrogens with one attached hydrogen (secondary N) is 1. The van der Waals surface area contributed by atoms with Gasteiger partial charge in [-0.3, -0.25) is 19.7 Å². The third-order valence-electron chi connectivity index (χ3n) is 4.46. The van der Waals surface area contributed by atoms with Crippen LogP contribution in [0.3, 0.4) is 0 Å². The van der Waals surface area contributed by atoms with Crippen LogP contribution < -0.4 is 10.9 Å². The molecule has 0 spiro atoms. The fourth-order valence-corrected chi connectivity index (χ4v) is 3.12. The van der Waals surface area contributed by atoms with Gasteiger partial charge in [-0.05, 0) is 18.6 Å². The number of alkyl halides is 2. The molecule has 7 nitrogen and oxygen atoms in total. The molecule has 1 amide bonds. The number of benzene rings is 1. The van der Waals surface area contributed by atoms with E-state index in [1.54, 1.807) is 0 Å². The number of anilines is 1. The number of pyridine rings is 1. The Morgan fingerprint density at radius 3 is 2.46 bits per heavy atom. The van der Waals surface area contributed by atoms with Crippen LogP contribution in [0.1, 0.15) is 35.7 Å². The first kappa shape index (κ1) is 19.5. The number of aromatic nitrogens is 1. The van der Waals surface area contributed by atoms with E-state index < -0.39 is 57.7 Å². The third kappa shape index (κ3) is 3.73. The Morgan fingerprint density at radius 1 is 1.29 bits per heavy atom. The highest BCUT2D eigenvalue weighted by molar-refractivity contribution is 6.04. The van der Waals surface area contributed by atoms with Crippen molar-refractivity contribution in [2.45, 2.75) is 31.2 Å². The molecule has 148 valence electrons. The van der Waals surface area contributed by atoms with Gasteiger partial charge in [0.1, 0.15) is 22.9 Å². The molecule has 1 saturated carbocycles. The minimum atomic E-state index is -2.89. The summed E-state index contributed by atoms with van der Waals surface area (Å²) in [4.78, 5) is 34.2. The number of nitro benzene ring substituents is 1. The van der Waals surface area contributed by atoms with Crippen LogP contribution in [0.2, 0.25) is 0 Å². The molecule has 0 saturated heterocycles. The Kier molecular flexibility index (Phi) is 4.92. The van der Waals surface area contributed by atoms with E-state index in [0.717, 1.165) is 10.6 Å². The summed E-state index contributed by atoms with van der Waals surface area (Å²) in [7, 11) is 0. The van der Waals surface area contributed by atoms with E-state index in [4.69, 9.17) is 0 Å². The standard InChI is InChI=1S/C17H13F4N3O4/c18-11-6-10(24(27)28)7-12(19)14(11)15(25)22-13-2-1-5-23(16(13)26)9-3-4-17(20,21)8-9/h1-2,5-7,9H,3-4,8H2,(H,22,25). The predicted octanol–water partition coefficient (Wildman–Crippen LogP) is 3.65. The van der Waals surface area contributed by atoms with Crippen molar-refractivity contribution < 1.29 is 27.3 Å². The van der Waals surface area contributed by atoms with Gasteiger partial charge in [0.2, 0.25) is 5.92 Å². The average molecular weight is 399 g/mol. The van der Waals surface area contributed by atoms with Gasteiger partial charge in [-0.1, -0.05) is 0 Å². The number of amides is 1. The summed E-state index contributed by atoms with van der Waals surface area (Å²) < 4.78 is 55.8. The van der Waals surface area contributed by atoms with E-state index in [2.05, 4.69) is 0 Å². The van der Waals surface area contributed by atoms with Gasteiger partial charge in [0, 0.05) is 25.1 Å². The first-order valence-corrected chi connectivity index (χ1v) is 8.13. The predicted molar refractivity (Wildman–Crippen MR) is 89.5 cm³/mol. The zero-order valence-electron chi connectivity index (χ0n) is 14.1. The first-order valence-electron chi connectivity index (χ1n) is 8.13. The summed E-state index contributed by atoms with van der Waals surface area (Å²) >= 11 is 0. The number of hydrogen-bond donors (Lipinski definition) is 1. The molecule has 0 aliphatic heterocycles. The van der Waals surface area contributed by atoms with Crippen LogP contribution >= 0.6 is 0 Å². The van der Waals surface area contributed by atoms with Gasteiger partial charge in [0.15, 0.2) is 0 Å². The monoisotopic (exact) mass is 399 g/mol. The number of nitrogens with zero attached hydrogens (tertiary/aromatic N) is 2. The fraction of sp³-hybridized carbons (Fsp3) is 0.294. The van der Waals surface area contributed by atoms with E-state index in [1.807, 2.05) is 5.32 Å². The minimum absolute atomic E-state index is 0.0654. The maximum atomic E-state index is 14.0. The molecule has 1 N–H and O–H groups in total. The number of non-ortho nitro benzene ring substituents is 1. The van der Waals surface area contributed by atoms with Crippen LogP contribution in [0, 0.1) is 21.7 Å². The van der Waals surface area contributed by atoms with Crippen molar-refractivity contribution in [3.8, 4) is 0 Å². The third-order valence-corrected chi connectivity index (χ3v) is 4.46. The molecule has 1 aromatic heterocycles. The van der Waals surface area contributed by atoms with E-state index in [-0.39, 0.29) is 18.5 Å². The molecule has 1 aliphatic rings. The summed E-state index contributed by atoms with van der Waals surface area (Å²) in [6, 6.07) is 2.47. The molecular weight excluding hydrogens is 386 g/mol. The van der Waals surface area contributed by atoms with Gasteiger partial charge in [0.05, 0.1) is 17.1 Å². The van der Waals surface area contributed by atoms with Gasteiger partial charge in [0.25, 0.3) is 17.2 Å². The number of rotatable bonds is 4. The molecule has 0 bridgehead atoms. The van der Waals surface area contributed by atoms with Gasteiger partial charge < -0.3 is 9.88 Å². The van der Waals surface area contributed by atoms with Crippen molar-refractivity contribution >= 4 is 17.3 Å². The second kappa shape index (κ2) is 7.06. The Morgan fingerprint density at radius 2 is 1.93 bits per heavy atom. The summed E-state index contributed by atoms with van der Waals surface area (Å²) in [5.41, 5.74) is -3.15. The van der Waals surface area contributed by atoms with E-state index in [1.165, 1.54) is 12.3 Å². The lowest BCUT2D eigenvalue weighted by molar-refractivity contribution is -0.385. The molecular formula is C17H13F4N3O4. The number of hydrogen-bond acceptors (Lipinski definition) is 4. The van der Waals surface area contributed by atoms with Crippen LogP contribution in [0.4, 0.5) is 28.9 Å². The molecule has 1 aromatic carbocycles. The molecule has 3 rings (SSSR count). The summed E-state index contributed by atoms with van der Waals surface area (Å²) in [6.45, 7) is 0. The smallest absolute Gasteiger partial charge is 0.275 e. The SMILES string of the molecule is O=C(Nc1cccn(C2CCC(F)(F)C2)c1=O)c1c(F)cc([N+](=O)[O-])cc1F. The molecule has 2 aromatic rings. The molecule has 0 radical (unpaired) electrons. The lowest BCUT2D eigenvalue weighted by Gasteiger charge is -2.15. The van der Waals surface area contributed by atoms with Crippen molar-refractivity contribution in [1.29, 1.82) is 0 Å². The van der Waals surface area contributed by atoms with Gasteiger partial charge in [-0.25, -0.2) is 17.6 Å². The second-order valence-corrected chi connectivity index (χ2v) is 6.38. The average Bonchev–Trinajstić information content (AvgIpc) is 2.95. The highest BCUT2D eigenvalue weighted by Crippen LogP contribution is 2.40. The van der Waals surface area contributed by atoms with Crippen molar-refractivity contribution in [2.24, 2.45) is 0 Å². The lowest BCUT2D eigenvalue weighted by Crippen LogP contribution is -2.28. The van der Waals surface area contributed by atoms with Crippen LogP contribution in [0.15, 0.2) is 35.3 Å². The minimum Gasteiger partial charge on any atom is -0.317 e. The molecule has 28 heavy (non-hydrogen) atoms. The maximum absolute atomic E-state index is 14.0. The Balaban J connectivity index is 1.89. The number of halogens is 4. The number of carbonyl (C=O) groups excluding carboxylic acids is 1. The topological polar surface area (TPSA) is 94.2 Å². The number of nitro groups is 1. The molecule has 1 atom stereocenters. The van der Waals surface area contributed by atoms with Gasteiger partial charge in [-0.15, -0.1) is 0 Å². The second-order valence-electron chi connectivity index (χ2n) is 6.38. The zero-order chi connectivity index (χ0) is 20.6. The quantitative estimate of drug-likeness (QED) is 0.482. The molecule has 1 aliphatic carbocycles. The van der Waals surface area contributed by atoms with Crippen molar-refractivity contribution in [1.82, 2.24) is 4.57 Å². The summed E-state index contributed by atoms with van der Waals surface area (Å²) in [5.74, 6) is -7.18. The van der Waals surface area contributed by atoms with E-state index >= 15 is 0 Å². The lowest BCUT2D eigenvalue weighted by atomic mass is 10.1. The van der Waals surface area contributed by atoms with E-state index in [9.17, 15) is 37.3 Å².